The summed E-state index contributed by atoms with van der Waals surface area (Å²) in [5, 5.41) is 6.54. The minimum atomic E-state index is 0.118. The van der Waals surface area contributed by atoms with Gasteiger partial charge in [-0.1, -0.05) is 31.9 Å². The van der Waals surface area contributed by atoms with Gasteiger partial charge in [0.05, 0.1) is 0 Å². The van der Waals surface area contributed by atoms with E-state index in [-0.39, 0.29) is 5.91 Å². The maximum absolute atomic E-state index is 12.5. The molecule has 0 saturated heterocycles. The van der Waals surface area contributed by atoms with Crippen molar-refractivity contribution < 1.29 is 4.79 Å². The van der Waals surface area contributed by atoms with E-state index in [1.165, 1.54) is 36.8 Å². The van der Waals surface area contributed by atoms with Crippen molar-refractivity contribution in [1.29, 1.82) is 0 Å². The lowest BCUT2D eigenvalue weighted by Gasteiger charge is -2.27. The Morgan fingerprint density at radius 3 is 3.14 bits per heavy atom. The lowest BCUT2D eigenvalue weighted by Crippen LogP contribution is -2.33. The predicted molar refractivity (Wildman–Crippen MR) is 85.3 cm³/mol. The molecule has 2 unspecified atom stereocenters. The fourth-order valence-electron chi connectivity index (χ4n) is 3.82. The van der Waals surface area contributed by atoms with Crippen LogP contribution < -0.4 is 10.6 Å². The van der Waals surface area contributed by atoms with Crippen molar-refractivity contribution in [2.24, 2.45) is 11.8 Å². The fourth-order valence-corrected chi connectivity index (χ4v) is 3.82. The number of fused-ring (bicyclic) bond motifs is 1. The molecule has 1 aromatic rings. The van der Waals surface area contributed by atoms with Crippen LogP contribution in [0.1, 0.15) is 54.1 Å². The molecule has 1 aliphatic carbocycles. The summed E-state index contributed by atoms with van der Waals surface area (Å²) in [6.45, 7) is 5.02. The van der Waals surface area contributed by atoms with Crippen LogP contribution in [0.3, 0.4) is 0 Å². The van der Waals surface area contributed by atoms with Gasteiger partial charge in [0.15, 0.2) is 0 Å². The Hall–Kier alpha value is -1.35. The Kier molecular flexibility index (Phi) is 4.59. The molecule has 1 fully saturated rings. The molecule has 0 spiro atoms. The van der Waals surface area contributed by atoms with Gasteiger partial charge in [-0.3, -0.25) is 4.79 Å². The number of amides is 1. The van der Waals surface area contributed by atoms with E-state index in [0.29, 0.717) is 5.92 Å². The number of benzene rings is 1. The maximum Gasteiger partial charge on any atom is 0.251 e. The van der Waals surface area contributed by atoms with Crippen LogP contribution in [0, 0.1) is 11.8 Å². The molecule has 2 atom stereocenters. The summed E-state index contributed by atoms with van der Waals surface area (Å²) in [6, 6.07) is 6.10. The maximum atomic E-state index is 12.5. The van der Waals surface area contributed by atoms with Crippen molar-refractivity contribution in [1.82, 2.24) is 10.6 Å². The van der Waals surface area contributed by atoms with Crippen LogP contribution in [0.15, 0.2) is 18.2 Å². The normalized spacial score (nSPS) is 25.2. The van der Waals surface area contributed by atoms with Gasteiger partial charge in [0.2, 0.25) is 0 Å². The summed E-state index contributed by atoms with van der Waals surface area (Å²) in [5.41, 5.74) is 3.41. The third-order valence-corrected chi connectivity index (χ3v) is 4.98. The van der Waals surface area contributed by atoms with E-state index >= 15 is 0 Å². The van der Waals surface area contributed by atoms with E-state index in [0.717, 1.165) is 37.5 Å². The molecular weight excluding hydrogens is 260 g/mol. The van der Waals surface area contributed by atoms with Gasteiger partial charge in [-0.25, -0.2) is 0 Å². The van der Waals surface area contributed by atoms with E-state index in [2.05, 4.69) is 23.6 Å². The second-order valence-electron chi connectivity index (χ2n) is 6.72. The first-order valence-electron chi connectivity index (χ1n) is 8.33. The first-order chi connectivity index (χ1) is 10.2. The van der Waals surface area contributed by atoms with E-state index < -0.39 is 0 Å². The molecule has 0 bridgehead atoms. The molecule has 114 valence electrons. The van der Waals surface area contributed by atoms with Crippen molar-refractivity contribution in [2.45, 2.75) is 45.6 Å². The average molecular weight is 286 g/mol. The Balaban J connectivity index is 1.63. The van der Waals surface area contributed by atoms with Crippen LogP contribution in [-0.4, -0.2) is 19.0 Å². The Bertz CT molecular complexity index is 512. The highest BCUT2D eigenvalue weighted by Gasteiger charge is 2.21. The molecule has 2 N–H and O–H groups in total. The first kappa shape index (κ1) is 14.6. The van der Waals surface area contributed by atoms with Crippen LogP contribution in [0.25, 0.3) is 0 Å². The third kappa shape index (κ3) is 3.46. The van der Waals surface area contributed by atoms with Gasteiger partial charge in [0, 0.05) is 18.7 Å². The molecule has 3 rings (SSSR count). The smallest absolute Gasteiger partial charge is 0.251 e. The van der Waals surface area contributed by atoms with Crippen LogP contribution >= 0.6 is 0 Å². The van der Waals surface area contributed by atoms with E-state index in [9.17, 15) is 4.79 Å². The summed E-state index contributed by atoms with van der Waals surface area (Å²) < 4.78 is 0. The van der Waals surface area contributed by atoms with Gasteiger partial charge >= 0.3 is 0 Å². The van der Waals surface area contributed by atoms with E-state index in [1.807, 2.05) is 12.1 Å². The molecule has 1 heterocycles. The average Bonchev–Trinajstić information content (AvgIpc) is 2.52. The van der Waals surface area contributed by atoms with Crippen molar-refractivity contribution in [3.63, 3.8) is 0 Å². The van der Waals surface area contributed by atoms with Gasteiger partial charge in [-0.2, -0.15) is 0 Å². The molecular formula is C18H26N2O. The molecule has 21 heavy (non-hydrogen) atoms. The van der Waals surface area contributed by atoms with Crippen LogP contribution in [-0.2, 0) is 13.0 Å². The van der Waals surface area contributed by atoms with E-state index in [4.69, 9.17) is 0 Å². The molecule has 1 saturated carbocycles. The van der Waals surface area contributed by atoms with Crippen molar-refractivity contribution in [3.05, 3.63) is 34.9 Å². The minimum Gasteiger partial charge on any atom is -0.352 e. The fraction of sp³-hybridized carbons (Fsp3) is 0.611. The minimum absolute atomic E-state index is 0.118. The van der Waals surface area contributed by atoms with Crippen molar-refractivity contribution in [2.75, 3.05) is 13.1 Å². The van der Waals surface area contributed by atoms with Crippen LogP contribution in [0.2, 0.25) is 0 Å². The van der Waals surface area contributed by atoms with Gasteiger partial charge < -0.3 is 10.6 Å². The standard InChI is InChI=1S/C18H26N2O/c1-13-4-2-5-14(10-13)11-20-18(21)17-7-3-6-15-12-19-9-8-16(15)17/h3,6-7,13-14,19H,2,4-5,8-12H2,1H3,(H,20,21). The Morgan fingerprint density at radius 1 is 1.38 bits per heavy atom. The number of nitrogens with one attached hydrogen (secondary N) is 2. The number of hydrogen-bond donors (Lipinski definition) is 2. The zero-order valence-electron chi connectivity index (χ0n) is 13.0. The zero-order chi connectivity index (χ0) is 14.7. The monoisotopic (exact) mass is 286 g/mol. The first-order valence-corrected chi connectivity index (χ1v) is 8.33. The van der Waals surface area contributed by atoms with Crippen molar-refractivity contribution >= 4 is 5.91 Å². The van der Waals surface area contributed by atoms with Gasteiger partial charge in [0.25, 0.3) is 5.91 Å². The summed E-state index contributed by atoms with van der Waals surface area (Å²) in [5.74, 6) is 1.60. The Labute approximate surface area is 127 Å². The summed E-state index contributed by atoms with van der Waals surface area (Å²) in [4.78, 5) is 12.5. The molecule has 0 aromatic heterocycles. The number of carbonyl (C=O) groups excluding carboxylic acids is 1. The number of hydrogen-bond acceptors (Lipinski definition) is 2. The summed E-state index contributed by atoms with van der Waals surface area (Å²) in [6.07, 6.45) is 6.15. The SMILES string of the molecule is CC1CCCC(CNC(=O)c2cccc3c2CCNC3)C1. The molecule has 1 aromatic carbocycles. The largest absolute Gasteiger partial charge is 0.352 e. The highest BCUT2D eigenvalue weighted by atomic mass is 16.1. The van der Waals surface area contributed by atoms with Gasteiger partial charge in [-0.15, -0.1) is 0 Å². The van der Waals surface area contributed by atoms with Gasteiger partial charge in [0.1, 0.15) is 0 Å². The van der Waals surface area contributed by atoms with Gasteiger partial charge in [-0.05, 0) is 54.8 Å². The molecule has 3 heteroatoms. The van der Waals surface area contributed by atoms with Crippen LogP contribution in [0.5, 0.6) is 0 Å². The lowest BCUT2D eigenvalue weighted by molar-refractivity contribution is 0.0939. The number of rotatable bonds is 3. The Morgan fingerprint density at radius 2 is 2.29 bits per heavy atom. The van der Waals surface area contributed by atoms with E-state index in [1.54, 1.807) is 0 Å². The second-order valence-corrected chi connectivity index (χ2v) is 6.72. The molecule has 1 amide bonds. The topological polar surface area (TPSA) is 41.1 Å². The quantitative estimate of drug-likeness (QED) is 0.897. The molecule has 3 nitrogen and oxygen atoms in total. The van der Waals surface area contributed by atoms with Crippen molar-refractivity contribution in [3.8, 4) is 0 Å². The molecule has 1 aliphatic heterocycles. The predicted octanol–water partition coefficient (Wildman–Crippen LogP) is 2.89. The summed E-state index contributed by atoms with van der Waals surface area (Å²) in [7, 11) is 0. The highest BCUT2D eigenvalue weighted by Crippen LogP contribution is 2.28. The lowest BCUT2D eigenvalue weighted by atomic mass is 9.82. The van der Waals surface area contributed by atoms with Crippen LogP contribution in [0.4, 0.5) is 0 Å². The second kappa shape index (κ2) is 6.61. The molecule has 0 radical (unpaired) electrons. The zero-order valence-corrected chi connectivity index (χ0v) is 13.0. The molecule has 2 aliphatic rings. The summed E-state index contributed by atoms with van der Waals surface area (Å²) >= 11 is 0. The number of carbonyl (C=O) groups is 1. The highest BCUT2D eigenvalue weighted by molar-refractivity contribution is 5.96. The third-order valence-electron chi connectivity index (χ3n) is 4.98.